The number of nitrogens with one attached hydrogen (secondary N) is 1. The van der Waals surface area contributed by atoms with Gasteiger partial charge in [-0.2, -0.15) is 0 Å². The van der Waals surface area contributed by atoms with E-state index in [1.165, 1.54) is 19.2 Å². The van der Waals surface area contributed by atoms with Crippen LogP contribution in [0.2, 0.25) is 0 Å². The normalized spacial score (nSPS) is 11.2. The van der Waals surface area contributed by atoms with Gasteiger partial charge in [0.25, 0.3) is 5.91 Å². The van der Waals surface area contributed by atoms with E-state index in [0.29, 0.717) is 37.0 Å². The molecule has 0 saturated carbocycles. The summed E-state index contributed by atoms with van der Waals surface area (Å²) in [6.07, 6.45) is 0. The zero-order chi connectivity index (χ0) is 21.6. The third-order valence-corrected chi connectivity index (χ3v) is 6.35. The van der Waals surface area contributed by atoms with E-state index in [1.807, 2.05) is 0 Å². The van der Waals surface area contributed by atoms with E-state index >= 15 is 0 Å². The fourth-order valence-corrected chi connectivity index (χ4v) is 5.05. The highest BCUT2D eigenvalue weighted by Gasteiger charge is 2.27. The first-order valence-electron chi connectivity index (χ1n) is 8.81. The molecule has 0 saturated heterocycles. The molecule has 154 valence electrons. The van der Waals surface area contributed by atoms with Gasteiger partial charge in [0.15, 0.2) is 5.75 Å². The fraction of sp³-hybridized carbons (Fsp3) is 0.150. The van der Waals surface area contributed by atoms with Gasteiger partial charge in [-0.25, -0.2) is 14.2 Å². The average Bonchev–Trinajstić information content (AvgIpc) is 3.32. The second kappa shape index (κ2) is 7.69. The van der Waals surface area contributed by atoms with Gasteiger partial charge in [0, 0.05) is 9.86 Å². The van der Waals surface area contributed by atoms with Gasteiger partial charge in [0.1, 0.15) is 22.0 Å². The fourth-order valence-electron chi connectivity index (χ4n) is 3.27. The molecular formula is C20H15BrFN3O4S. The number of rotatable bonds is 5. The molecule has 4 aromatic rings. The molecule has 7 nitrogen and oxygen atoms in total. The number of imidazole rings is 1. The summed E-state index contributed by atoms with van der Waals surface area (Å²) in [7, 11) is 1.41. The Hall–Kier alpha value is -2.98. The van der Waals surface area contributed by atoms with Gasteiger partial charge in [-0.05, 0) is 31.2 Å². The number of carbonyl (C=O) groups is 2. The summed E-state index contributed by atoms with van der Waals surface area (Å²) in [5.74, 6) is -1.17. The maximum atomic E-state index is 14.5. The number of ether oxygens (including phenoxy) is 2. The van der Waals surface area contributed by atoms with Crippen LogP contribution in [0.15, 0.2) is 28.7 Å². The summed E-state index contributed by atoms with van der Waals surface area (Å²) in [6, 6.07) is 6.06. The lowest BCUT2D eigenvalue weighted by atomic mass is 10.1. The lowest BCUT2D eigenvalue weighted by Gasteiger charge is -2.05. The molecule has 0 unspecified atom stereocenters. The van der Waals surface area contributed by atoms with Crippen molar-refractivity contribution in [1.29, 1.82) is 0 Å². The summed E-state index contributed by atoms with van der Waals surface area (Å²) in [6.45, 7) is 1.87. The summed E-state index contributed by atoms with van der Waals surface area (Å²) in [5.41, 5.74) is 6.93. The molecule has 2 aromatic heterocycles. The number of fused-ring (bicyclic) bond motifs is 2. The van der Waals surface area contributed by atoms with Crippen LogP contribution in [0.25, 0.3) is 32.5 Å². The number of aromatic amines is 1. The number of H-pyrrole nitrogens is 1. The van der Waals surface area contributed by atoms with Crippen LogP contribution in [0, 0.1) is 5.82 Å². The van der Waals surface area contributed by atoms with Gasteiger partial charge < -0.3 is 20.2 Å². The number of hydrogen-bond acceptors (Lipinski definition) is 6. The number of nitrogens with zero attached hydrogens (tertiary/aromatic N) is 1. The van der Waals surface area contributed by atoms with Crippen molar-refractivity contribution in [2.45, 2.75) is 6.92 Å². The molecule has 0 radical (unpaired) electrons. The molecule has 2 aromatic carbocycles. The van der Waals surface area contributed by atoms with Crippen LogP contribution in [-0.2, 0) is 4.74 Å². The maximum absolute atomic E-state index is 14.5. The quantitative estimate of drug-likeness (QED) is 0.395. The van der Waals surface area contributed by atoms with E-state index in [9.17, 15) is 14.0 Å². The van der Waals surface area contributed by atoms with E-state index in [1.54, 1.807) is 19.1 Å². The average molecular weight is 492 g/mol. The highest BCUT2D eigenvalue weighted by Crippen LogP contribution is 2.44. The molecule has 3 N–H and O–H groups in total. The van der Waals surface area contributed by atoms with Crippen molar-refractivity contribution in [3.8, 4) is 17.1 Å². The standard InChI is InChI=1S/C20H15BrFN3O4S/c1-3-29-20(27)17-13(12-9(21)5-6-10(22)16(12)30-17)19-24-11-7-4-8(18(23)26)15(28-2)14(11)25-19/h4-7H,3H2,1-2H3,(H2,23,26)(H,24,25). The number of primary amides is 1. The molecule has 4 rings (SSSR count). The van der Waals surface area contributed by atoms with Gasteiger partial charge in [-0.1, -0.05) is 15.9 Å². The minimum atomic E-state index is -0.656. The second-order valence-electron chi connectivity index (χ2n) is 6.25. The second-order valence-corrected chi connectivity index (χ2v) is 8.13. The SMILES string of the molecule is CCOC(=O)c1sc2c(F)ccc(Br)c2c1-c1nc2c(OC)c(C(N)=O)ccc2[nH]1. The van der Waals surface area contributed by atoms with Gasteiger partial charge in [0.05, 0.1) is 35.1 Å². The zero-order valence-corrected chi connectivity index (χ0v) is 18.2. The number of hydrogen-bond donors (Lipinski definition) is 2. The first-order chi connectivity index (χ1) is 14.4. The minimum absolute atomic E-state index is 0.173. The van der Waals surface area contributed by atoms with Crippen LogP contribution < -0.4 is 10.5 Å². The highest BCUT2D eigenvalue weighted by molar-refractivity contribution is 9.10. The number of aromatic nitrogens is 2. The van der Waals surface area contributed by atoms with Crippen molar-refractivity contribution in [3.05, 3.63) is 45.0 Å². The van der Waals surface area contributed by atoms with Crippen LogP contribution in [0.1, 0.15) is 27.0 Å². The number of amides is 1. The monoisotopic (exact) mass is 491 g/mol. The molecule has 0 atom stereocenters. The van der Waals surface area contributed by atoms with Crippen LogP contribution in [0.3, 0.4) is 0 Å². The van der Waals surface area contributed by atoms with Gasteiger partial charge in [-0.15, -0.1) is 11.3 Å². The molecule has 0 bridgehead atoms. The summed E-state index contributed by atoms with van der Waals surface area (Å²) < 4.78 is 26.0. The highest BCUT2D eigenvalue weighted by atomic mass is 79.9. The topological polar surface area (TPSA) is 107 Å². The lowest BCUT2D eigenvalue weighted by molar-refractivity contribution is 0.0532. The van der Waals surface area contributed by atoms with E-state index < -0.39 is 17.7 Å². The number of esters is 1. The third kappa shape index (κ3) is 3.12. The Balaban J connectivity index is 2.06. The van der Waals surface area contributed by atoms with E-state index in [4.69, 9.17) is 15.2 Å². The Labute approximate surface area is 182 Å². The molecule has 0 aliphatic heterocycles. The number of nitrogens with two attached hydrogens (primary N) is 1. The predicted molar refractivity (Wildman–Crippen MR) is 116 cm³/mol. The lowest BCUT2D eigenvalue weighted by Crippen LogP contribution is -2.12. The molecular weight excluding hydrogens is 477 g/mol. The van der Waals surface area contributed by atoms with Crippen molar-refractivity contribution in [1.82, 2.24) is 9.97 Å². The van der Waals surface area contributed by atoms with Crippen LogP contribution in [-0.4, -0.2) is 35.6 Å². The summed E-state index contributed by atoms with van der Waals surface area (Å²) >= 11 is 4.43. The molecule has 2 heterocycles. The Kier molecular flexibility index (Phi) is 5.20. The first-order valence-corrected chi connectivity index (χ1v) is 10.4. The molecule has 0 fully saturated rings. The van der Waals surface area contributed by atoms with Gasteiger partial charge >= 0.3 is 5.97 Å². The Morgan fingerprint density at radius 3 is 2.73 bits per heavy atom. The number of methoxy groups -OCH3 is 1. The molecule has 10 heteroatoms. The van der Waals surface area contributed by atoms with E-state index in [2.05, 4.69) is 25.9 Å². The van der Waals surface area contributed by atoms with Crippen LogP contribution in [0.4, 0.5) is 4.39 Å². The first kappa shape index (κ1) is 20.3. The molecule has 1 amide bonds. The zero-order valence-electron chi connectivity index (χ0n) is 15.8. The van der Waals surface area contributed by atoms with Crippen molar-refractivity contribution in [2.75, 3.05) is 13.7 Å². The van der Waals surface area contributed by atoms with E-state index in [-0.39, 0.29) is 22.8 Å². The smallest absolute Gasteiger partial charge is 0.349 e. The minimum Gasteiger partial charge on any atom is -0.494 e. The number of thiophene rings is 1. The number of benzene rings is 2. The molecule has 0 aliphatic rings. The Morgan fingerprint density at radius 1 is 1.30 bits per heavy atom. The summed E-state index contributed by atoms with van der Waals surface area (Å²) in [5, 5.41) is 0.496. The van der Waals surface area contributed by atoms with Crippen LogP contribution in [0.5, 0.6) is 5.75 Å². The van der Waals surface area contributed by atoms with Gasteiger partial charge in [-0.3, -0.25) is 4.79 Å². The Morgan fingerprint density at radius 2 is 2.07 bits per heavy atom. The summed E-state index contributed by atoms with van der Waals surface area (Å²) in [4.78, 5) is 32.3. The van der Waals surface area contributed by atoms with Crippen molar-refractivity contribution in [3.63, 3.8) is 0 Å². The molecule has 0 spiro atoms. The van der Waals surface area contributed by atoms with Crippen LogP contribution >= 0.6 is 27.3 Å². The molecule has 0 aliphatic carbocycles. The van der Waals surface area contributed by atoms with Crippen molar-refractivity contribution in [2.24, 2.45) is 5.73 Å². The predicted octanol–water partition coefficient (Wildman–Crippen LogP) is 4.63. The van der Waals surface area contributed by atoms with Crippen molar-refractivity contribution >= 4 is 60.3 Å². The maximum Gasteiger partial charge on any atom is 0.349 e. The number of carbonyl (C=O) groups excluding carboxylic acids is 2. The van der Waals surface area contributed by atoms with Gasteiger partial charge in [0.2, 0.25) is 0 Å². The van der Waals surface area contributed by atoms with E-state index in [0.717, 1.165) is 11.3 Å². The Bertz CT molecular complexity index is 1330. The largest absolute Gasteiger partial charge is 0.494 e. The third-order valence-electron chi connectivity index (χ3n) is 4.52. The molecule has 30 heavy (non-hydrogen) atoms. The number of halogens is 2. The van der Waals surface area contributed by atoms with Crippen molar-refractivity contribution < 1.29 is 23.5 Å².